The fourth-order valence-corrected chi connectivity index (χ4v) is 1.96. The predicted octanol–water partition coefficient (Wildman–Crippen LogP) is 3.66. The zero-order valence-electron chi connectivity index (χ0n) is 8.55. The smallest absolute Gasteiger partial charge is 0.248 e. The standard InChI is InChI=1S/C12H9Cl2NO/c1-7-4-8(5-12(16)15-7)10-6-9(13)2-3-11(10)14/h2-6H,1H3,(H,15,16). The Balaban J connectivity index is 2.66. The number of aryl methyl sites for hydroxylation is 1. The van der Waals surface area contributed by atoms with Crippen LogP contribution in [-0.4, -0.2) is 4.98 Å². The first-order valence-corrected chi connectivity index (χ1v) is 5.48. The van der Waals surface area contributed by atoms with Crippen LogP contribution in [0.5, 0.6) is 0 Å². The predicted molar refractivity (Wildman–Crippen MR) is 67.3 cm³/mol. The van der Waals surface area contributed by atoms with E-state index in [0.717, 1.165) is 16.8 Å². The zero-order chi connectivity index (χ0) is 11.7. The fraction of sp³-hybridized carbons (Fsp3) is 0.0833. The van der Waals surface area contributed by atoms with Crippen molar-refractivity contribution in [3.8, 4) is 11.1 Å². The van der Waals surface area contributed by atoms with Crippen molar-refractivity contribution in [2.24, 2.45) is 0 Å². The normalized spacial score (nSPS) is 10.4. The summed E-state index contributed by atoms with van der Waals surface area (Å²) in [5.41, 5.74) is 2.18. The third kappa shape index (κ3) is 2.29. The van der Waals surface area contributed by atoms with Crippen molar-refractivity contribution in [2.45, 2.75) is 6.92 Å². The van der Waals surface area contributed by atoms with Crippen molar-refractivity contribution in [1.29, 1.82) is 0 Å². The van der Waals surface area contributed by atoms with E-state index >= 15 is 0 Å². The lowest BCUT2D eigenvalue weighted by molar-refractivity contribution is 1.14. The number of halogens is 2. The molecule has 1 heterocycles. The molecule has 2 nitrogen and oxygen atoms in total. The molecule has 0 aliphatic rings. The Bertz CT molecular complexity index is 590. The van der Waals surface area contributed by atoms with Crippen LogP contribution in [0.2, 0.25) is 10.0 Å². The number of nitrogens with one attached hydrogen (secondary N) is 1. The highest BCUT2D eigenvalue weighted by Gasteiger charge is 2.05. The average molecular weight is 254 g/mol. The Morgan fingerprint density at radius 1 is 1.12 bits per heavy atom. The van der Waals surface area contributed by atoms with Crippen molar-refractivity contribution in [2.75, 3.05) is 0 Å². The topological polar surface area (TPSA) is 32.9 Å². The molecule has 0 fully saturated rings. The molecule has 0 unspecified atom stereocenters. The maximum absolute atomic E-state index is 11.3. The molecule has 1 aromatic carbocycles. The summed E-state index contributed by atoms with van der Waals surface area (Å²) in [6.07, 6.45) is 0. The number of H-pyrrole nitrogens is 1. The lowest BCUT2D eigenvalue weighted by Crippen LogP contribution is -2.05. The third-order valence-corrected chi connectivity index (χ3v) is 2.78. The molecular weight excluding hydrogens is 245 g/mol. The fourth-order valence-electron chi connectivity index (χ4n) is 1.56. The van der Waals surface area contributed by atoms with Gasteiger partial charge in [-0.25, -0.2) is 0 Å². The molecule has 0 bridgehead atoms. The molecule has 0 spiro atoms. The first-order valence-electron chi connectivity index (χ1n) is 4.72. The van der Waals surface area contributed by atoms with Gasteiger partial charge in [0.15, 0.2) is 0 Å². The van der Waals surface area contributed by atoms with Crippen LogP contribution in [0, 0.1) is 6.92 Å². The molecule has 2 aromatic rings. The van der Waals surface area contributed by atoms with Crippen LogP contribution >= 0.6 is 23.2 Å². The van der Waals surface area contributed by atoms with Gasteiger partial charge in [-0.05, 0) is 36.8 Å². The number of hydrogen-bond donors (Lipinski definition) is 1. The highest BCUT2D eigenvalue weighted by molar-refractivity contribution is 6.35. The summed E-state index contributed by atoms with van der Waals surface area (Å²) in [6.45, 7) is 1.82. The monoisotopic (exact) mass is 253 g/mol. The number of aromatic amines is 1. The summed E-state index contributed by atoms with van der Waals surface area (Å²) in [6, 6.07) is 8.55. The molecule has 0 saturated heterocycles. The first-order chi connectivity index (χ1) is 7.56. The Kier molecular flexibility index (Phi) is 3.03. The minimum Gasteiger partial charge on any atom is -0.326 e. The van der Waals surface area contributed by atoms with E-state index in [1.807, 2.05) is 13.0 Å². The van der Waals surface area contributed by atoms with Crippen molar-refractivity contribution < 1.29 is 0 Å². The van der Waals surface area contributed by atoms with Crippen LogP contribution in [0.1, 0.15) is 5.69 Å². The van der Waals surface area contributed by atoms with Gasteiger partial charge in [-0.15, -0.1) is 0 Å². The molecule has 0 radical (unpaired) electrons. The largest absolute Gasteiger partial charge is 0.326 e. The zero-order valence-corrected chi connectivity index (χ0v) is 10.1. The maximum atomic E-state index is 11.3. The van der Waals surface area contributed by atoms with E-state index in [-0.39, 0.29) is 5.56 Å². The van der Waals surface area contributed by atoms with Crippen LogP contribution in [-0.2, 0) is 0 Å². The number of aromatic nitrogens is 1. The number of rotatable bonds is 1. The van der Waals surface area contributed by atoms with Crippen LogP contribution in [0.4, 0.5) is 0 Å². The second-order valence-corrected chi connectivity index (χ2v) is 4.38. The summed E-state index contributed by atoms with van der Waals surface area (Å²) in [5, 5.41) is 1.17. The molecule has 0 atom stereocenters. The van der Waals surface area contributed by atoms with Gasteiger partial charge in [0.2, 0.25) is 5.56 Å². The summed E-state index contributed by atoms with van der Waals surface area (Å²) in [5.74, 6) is 0. The van der Waals surface area contributed by atoms with E-state index in [9.17, 15) is 4.79 Å². The highest BCUT2D eigenvalue weighted by atomic mass is 35.5. The molecular formula is C12H9Cl2NO. The molecule has 0 aliphatic carbocycles. The van der Waals surface area contributed by atoms with Crippen molar-refractivity contribution in [3.63, 3.8) is 0 Å². The lowest BCUT2D eigenvalue weighted by atomic mass is 10.1. The second kappa shape index (κ2) is 4.32. The molecule has 4 heteroatoms. The molecule has 0 saturated carbocycles. The van der Waals surface area contributed by atoms with Gasteiger partial charge in [0.05, 0.1) is 0 Å². The first kappa shape index (κ1) is 11.2. The SMILES string of the molecule is Cc1cc(-c2cc(Cl)ccc2Cl)cc(=O)[nH]1. The van der Waals surface area contributed by atoms with Gasteiger partial charge in [0.25, 0.3) is 0 Å². The molecule has 0 aliphatic heterocycles. The van der Waals surface area contributed by atoms with Crippen molar-refractivity contribution >= 4 is 23.2 Å². The highest BCUT2D eigenvalue weighted by Crippen LogP contribution is 2.29. The van der Waals surface area contributed by atoms with Crippen molar-refractivity contribution in [3.05, 3.63) is 56.4 Å². The Morgan fingerprint density at radius 3 is 2.56 bits per heavy atom. The van der Waals surface area contributed by atoms with Gasteiger partial charge in [0.1, 0.15) is 0 Å². The van der Waals surface area contributed by atoms with Gasteiger partial charge in [-0.2, -0.15) is 0 Å². The Labute approximate surface area is 103 Å². The van der Waals surface area contributed by atoms with Crippen LogP contribution in [0.15, 0.2) is 35.1 Å². The van der Waals surface area contributed by atoms with E-state index in [0.29, 0.717) is 10.0 Å². The number of hydrogen-bond acceptors (Lipinski definition) is 1. The van der Waals surface area contributed by atoms with E-state index in [1.54, 1.807) is 18.2 Å². The second-order valence-electron chi connectivity index (χ2n) is 3.54. The summed E-state index contributed by atoms with van der Waals surface area (Å²) < 4.78 is 0. The number of pyridine rings is 1. The average Bonchev–Trinajstić information content (AvgIpc) is 2.20. The summed E-state index contributed by atoms with van der Waals surface area (Å²) in [4.78, 5) is 14.0. The van der Waals surface area contributed by atoms with Gasteiger partial charge in [-0.1, -0.05) is 23.2 Å². The van der Waals surface area contributed by atoms with Gasteiger partial charge < -0.3 is 4.98 Å². The molecule has 82 valence electrons. The maximum Gasteiger partial charge on any atom is 0.248 e. The molecule has 2 rings (SSSR count). The molecule has 16 heavy (non-hydrogen) atoms. The van der Waals surface area contributed by atoms with Gasteiger partial charge in [0, 0.05) is 27.4 Å². The van der Waals surface area contributed by atoms with E-state index in [1.165, 1.54) is 6.07 Å². The van der Waals surface area contributed by atoms with E-state index < -0.39 is 0 Å². The lowest BCUT2D eigenvalue weighted by Gasteiger charge is -2.05. The Morgan fingerprint density at radius 2 is 1.88 bits per heavy atom. The van der Waals surface area contributed by atoms with Crippen LogP contribution in [0.25, 0.3) is 11.1 Å². The third-order valence-electron chi connectivity index (χ3n) is 2.22. The van der Waals surface area contributed by atoms with E-state index in [2.05, 4.69) is 4.98 Å². The molecule has 1 N–H and O–H groups in total. The molecule has 1 aromatic heterocycles. The quantitative estimate of drug-likeness (QED) is 0.827. The van der Waals surface area contributed by atoms with Gasteiger partial charge in [-0.3, -0.25) is 4.79 Å². The Hall–Kier alpha value is -1.25. The van der Waals surface area contributed by atoms with E-state index in [4.69, 9.17) is 23.2 Å². The van der Waals surface area contributed by atoms with Crippen molar-refractivity contribution in [1.82, 2.24) is 4.98 Å². The molecule has 0 amide bonds. The van der Waals surface area contributed by atoms with Gasteiger partial charge >= 0.3 is 0 Å². The summed E-state index contributed by atoms with van der Waals surface area (Å²) in [7, 11) is 0. The minimum atomic E-state index is -0.147. The number of benzene rings is 1. The van der Waals surface area contributed by atoms with Crippen LogP contribution in [0.3, 0.4) is 0 Å². The summed E-state index contributed by atoms with van der Waals surface area (Å²) >= 11 is 12.0. The van der Waals surface area contributed by atoms with Crippen LogP contribution < -0.4 is 5.56 Å². The minimum absolute atomic E-state index is 0.147.